The minimum absolute atomic E-state index is 0.0576. The number of aryl methyl sites for hydroxylation is 1. The van der Waals surface area contributed by atoms with Crippen LogP contribution in [0.5, 0.6) is 23.0 Å². The van der Waals surface area contributed by atoms with Crippen molar-refractivity contribution in [1.82, 2.24) is 40.8 Å². The van der Waals surface area contributed by atoms with Gasteiger partial charge in [0.1, 0.15) is 35.6 Å². The SMILES string of the molecule is CCCNC(=O)[C@H](CCc1cccc(-c2cc(OC)c(-c3cc(C(=O)N[C@@H](CCC4CCCCC4)CC(=O)NCC(=O)O)nn3CC(CC)CC)c(OC)c2)c1)NC(=O)c1cc(-c2c(OC)cccc2OC)n(CC(C)C)n1. The molecule has 78 heavy (non-hydrogen) atoms. The predicted molar refractivity (Wildman–Crippen MR) is 301 cm³/mol. The highest BCUT2D eigenvalue weighted by Crippen LogP contribution is 2.43. The number of nitrogens with zero attached hydrogens (tertiary/aromatic N) is 4. The predicted octanol–water partition coefficient (Wildman–Crippen LogP) is 9.51. The molecule has 0 spiro atoms. The van der Waals surface area contributed by atoms with Crippen LogP contribution in [0.2, 0.25) is 0 Å². The number of amides is 4. The van der Waals surface area contributed by atoms with E-state index in [1.807, 2.05) is 66.2 Å². The van der Waals surface area contributed by atoms with E-state index in [4.69, 9.17) is 29.1 Å². The summed E-state index contributed by atoms with van der Waals surface area (Å²) in [7, 11) is 6.34. The lowest BCUT2D eigenvalue weighted by molar-refractivity contribution is -0.138. The molecule has 2 heterocycles. The van der Waals surface area contributed by atoms with Crippen LogP contribution in [0.4, 0.5) is 0 Å². The van der Waals surface area contributed by atoms with E-state index in [2.05, 4.69) is 49.0 Å². The molecule has 5 aromatic rings. The molecule has 18 nitrogen and oxygen atoms in total. The smallest absolute Gasteiger partial charge is 0.322 e. The van der Waals surface area contributed by atoms with Crippen LogP contribution in [0.3, 0.4) is 0 Å². The summed E-state index contributed by atoms with van der Waals surface area (Å²) >= 11 is 0. The van der Waals surface area contributed by atoms with Crippen molar-refractivity contribution in [3.05, 3.63) is 83.7 Å². The molecule has 2 atom stereocenters. The van der Waals surface area contributed by atoms with Gasteiger partial charge >= 0.3 is 5.97 Å². The minimum Gasteiger partial charge on any atom is -0.496 e. The summed E-state index contributed by atoms with van der Waals surface area (Å²) in [4.78, 5) is 66.3. The van der Waals surface area contributed by atoms with Gasteiger partial charge in [-0.05, 0) is 103 Å². The van der Waals surface area contributed by atoms with Gasteiger partial charge < -0.3 is 45.3 Å². The number of methoxy groups -OCH3 is 4. The second kappa shape index (κ2) is 29.4. The number of carbonyl (C=O) groups excluding carboxylic acids is 4. The number of aliphatic carboxylic acids is 1. The first-order valence-corrected chi connectivity index (χ1v) is 27.7. The Kier molecular flexibility index (Phi) is 22.6. The van der Waals surface area contributed by atoms with Crippen LogP contribution in [-0.4, -0.2) is 108 Å². The molecular formula is C60H82N8O10. The van der Waals surface area contributed by atoms with Gasteiger partial charge in [0.2, 0.25) is 11.8 Å². The summed E-state index contributed by atoms with van der Waals surface area (Å²) < 4.78 is 27.3. The van der Waals surface area contributed by atoms with Gasteiger partial charge in [-0.2, -0.15) is 10.2 Å². The summed E-state index contributed by atoms with van der Waals surface area (Å²) in [6, 6.07) is 19.4. The average Bonchev–Trinajstić information content (AvgIpc) is 4.14. The molecule has 0 saturated heterocycles. The van der Waals surface area contributed by atoms with Gasteiger partial charge in [-0.25, -0.2) is 0 Å². The van der Waals surface area contributed by atoms with Gasteiger partial charge in [-0.15, -0.1) is 0 Å². The van der Waals surface area contributed by atoms with Crippen molar-refractivity contribution in [3.8, 4) is 56.6 Å². The van der Waals surface area contributed by atoms with Crippen molar-refractivity contribution in [2.24, 2.45) is 17.8 Å². The molecule has 4 amide bonds. The molecule has 18 heteroatoms. The molecule has 422 valence electrons. The number of carboxylic acid groups (broad SMARTS) is 1. The van der Waals surface area contributed by atoms with Crippen LogP contribution in [0.25, 0.3) is 33.6 Å². The average molecular weight is 1080 g/mol. The molecule has 5 N–H and O–H groups in total. The Hall–Kier alpha value is -7.37. The minimum atomic E-state index is -1.14. The molecule has 3 aromatic carbocycles. The van der Waals surface area contributed by atoms with Crippen LogP contribution in [-0.2, 0) is 33.9 Å². The molecule has 1 saturated carbocycles. The maximum atomic E-state index is 14.3. The zero-order valence-electron chi connectivity index (χ0n) is 47.2. The Labute approximate surface area is 459 Å². The molecule has 2 aromatic heterocycles. The first-order valence-electron chi connectivity index (χ1n) is 27.7. The van der Waals surface area contributed by atoms with E-state index < -0.39 is 42.3 Å². The van der Waals surface area contributed by atoms with Gasteiger partial charge in [0.15, 0.2) is 11.4 Å². The standard InChI is InChI=1S/C60H82N8O10/c1-10-28-61-58(72)45(64-60(74)47-34-48(67(65-47)36-38(4)5)56-50(75-6)22-17-23-51(56)76-7)27-25-41-20-16-21-42(29-41)43-30-52(77-8)57(53(31-43)78-9)49-33-46(66-68(49)37-39(11-2)12-3)59(73)63-44(32-54(69)62-35-55(70)71)26-24-40-18-14-13-15-19-40/h16-17,20-23,29-31,33-34,38-40,44-45H,10-15,18-19,24-28,32,35-37H2,1-9H3,(H,61,72)(H,62,69)(H,63,73)(H,64,74)(H,70,71)/t44-,45-/m0/s1. The Bertz CT molecular complexity index is 2760. The molecule has 1 aliphatic rings. The quantitative estimate of drug-likeness (QED) is 0.0290. The summed E-state index contributed by atoms with van der Waals surface area (Å²) in [6.45, 7) is 11.4. The number of hydrogen-bond acceptors (Lipinski definition) is 11. The zero-order valence-corrected chi connectivity index (χ0v) is 47.2. The molecule has 1 aliphatic carbocycles. The highest BCUT2D eigenvalue weighted by Gasteiger charge is 2.29. The van der Waals surface area contributed by atoms with Crippen LogP contribution >= 0.6 is 0 Å². The van der Waals surface area contributed by atoms with Crippen LogP contribution in [0, 0.1) is 17.8 Å². The zero-order chi connectivity index (χ0) is 56.3. The van der Waals surface area contributed by atoms with Gasteiger partial charge in [-0.3, -0.25) is 33.3 Å². The van der Waals surface area contributed by atoms with Gasteiger partial charge in [0, 0.05) is 32.1 Å². The maximum Gasteiger partial charge on any atom is 0.322 e. The lowest BCUT2D eigenvalue weighted by atomic mass is 9.85. The monoisotopic (exact) mass is 1070 g/mol. The number of benzene rings is 3. The van der Waals surface area contributed by atoms with Gasteiger partial charge in [-0.1, -0.05) is 110 Å². The van der Waals surface area contributed by atoms with Gasteiger partial charge in [0.05, 0.1) is 51.0 Å². The fourth-order valence-corrected chi connectivity index (χ4v) is 10.3. The lowest BCUT2D eigenvalue weighted by Crippen LogP contribution is -2.47. The Morgan fingerprint density at radius 1 is 0.679 bits per heavy atom. The highest BCUT2D eigenvalue weighted by atomic mass is 16.5. The van der Waals surface area contributed by atoms with Crippen molar-refractivity contribution in [2.75, 3.05) is 41.5 Å². The van der Waals surface area contributed by atoms with Crippen molar-refractivity contribution >= 4 is 29.6 Å². The third kappa shape index (κ3) is 16.1. The first-order chi connectivity index (χ1) is 37.6. The molecule has 6 rings (SSSR count). The molecule has 0 bridgehead atoms. The number of carboxylic acids is 1. The van der Waals surface area contributed by atoms with Crippen molar-refractivity contribution < 1.29 is 48.0 Å². The lowest BCUT2D eigenvalue weighted by Gasteiger charge is -2.24. The topological polar surface area (TPSA) is 226 Å². The first kappa shape index (κ1) is 59.9. The number of carbonyl (C=O) groups is 5. The molecule has 0 aliphatic heterocycles. The van der Waals surface area contributed by atoms with E-state index >= 15 is 0 Å². The number of rotatable bonds is 30. The van der Waals surface area contributed by atoms with Crippen LogP contribution in [0.15, 0.2) is 66.7 Å². The third-order valence-corrected chi connectivity index (χ3v) is 14.6. The molecular weight excluding hydrogens is 993 g/mol. The fourth-order valence-electron chi connectivity index (χ4n) is 10.3. The molecule has 0 unspecified atom stereocenters. The highest BCUT2D eigenvalue weighted by molar-refractivity contribution is 5.97. The normalized spacial score (nSPS) is 13.4. The Balaban J connectivity index is 1.27. The van der Waals surface area contributed by atoms with E-state index in [-0.39, 0.29) is 35.6 Å². The number of nitrogens with one attached hydrogen (secondary N) is 4. The van der Waals surface area contributed by atoms with E-state index in [1.165, 1.54) is 19.3 Å². The van der Waals surface area contributed by atoms with E-state index in [0.717, 1.165) is 55.2 Å². The second-order valence-corrected chi connectivity index (χ2v) is 20.7. The fraction of sp³-hybridized carbons (Fsp3) is 0.517. The van der Waals surface area contributed by atoms with Gasteiger partial charge in [0.25, 0.3) is 11.8 Å². The van der Waals surface area contributed by atoms with E-state index in [0.29, 0.717) is 90.3 Å². The van der Waals surface area contributed by atoms with E-state index in [1.54, 1.807) is 45.3 Å². The molecule has 1 fully saturated rings. The maximum absolute atomic E-state index is 14.3. The summed E-state index contributed by atoms with van der Waals surface area (Å²) in [6.07, 6.45) is 10.4. The van der Waals surface area contributed by atoms with Crippen LogP contribution < -0.4 is 40.2 Å². The molecule has 0 radical (unpaired) electrons. The number of ether oxygens (including phenoxy) is 4. The summed E-state index contributed by atoms with van der Waals surface area (Å²) in [5.74, 6) is 0.285. The van der Waals surface area contributed by atoms with Crippen molar-refractivity contribution in [3.63, 3.8) is 0 Å². The van der Waals surface area contributed by atoms with Crippen molar-refractivity contribution in [1.29, 1.82) is 0 Å². The van der Waals surface area contributed by atoms with Crippen molar-refractivity contribution in [2.45, 2.75) is 143 Å². The summed E-state index contributed by atoms with van der Waals surface area (Å²) in [5.41, 5.74) is 5.46. The second-order valence-electron chi connectivity index (χ2n) is 20.7. The third-order valence-electron chi connectivity index (χ3n) is 14.6. The van der Waals surface area contributed by atoms with E-state index in [9.17, 15) is 29.1 Å². The Morgan fingerprint density at radius 2 is 1.26 bits per heavy atom. The summed E-state index contributed by atoms with van der Waals surface area (Å²) in [5, 5.41) is 30.3. The number of aromatic nitrogens is 4. The van der Waals surface area contributed by atoms with Crippen LogP contribution in [0.1, 0.15) is 138 Å². The largest absolute Gasteiger partial charge is 0.496 e. The Morgan fingerprint density at radius 3 is 1.82 bits per heavy atom. The number of hydrogen-bond donors (Lipinski definition) is 5.